The minimum absolute atomic E-state index is 0.160. The van der Waals surface area contributed by atoms with Crippen LogP contribution in [-0.2, 0) is 13.6 Å². The van der Waals surface area contributed by atoms with E-state index in [0.717, 1.165) is 9.80 Å². The average molecular weight is 512 g/mol. The Morgan fingerprint density at radius 2 is 0.833 bits per heavy atom. The van der Waals surface area contributed by atoms with Gasteiger partial charge in [0, 0.05) is 0 Å². The molecule has 2 heterocycles. The van der Waals surface area contributed by atoms with E-state index in [2.05, 4.69) is 0 Å². The molecule has 2 aromatic carbocycles. The first-order valence-electron chi connectivity index (χ1n) is 12.1. The first kappa shape index (κ1) is 25.9. The Morgan fingerprint density at radius 3 is 1.06 bits per heavy atom. The predicted octanol–water partition coefficient (Wildman–Crippen LogP) is 5.03. The van der Waals surface area contributed by atoms with Crippen LogP contribution in [0.15, 0.2) is 48.5 Å². The molecule has 2 aromatic rings. The van der Waals surface area contributed by atoms with Crippen LogP contribution in [0.25, 0.3) is 0 Å². The molecular formula is C26H29N2O7P. The molecule has 0 aromatic heterocycles. The lowest BCUT2D eigenvalue weighted by Crippen LogP contribution is -2.54. The summed E-state index contributed by atoms with van der Waals surface area (Å²) >= 11 is 0. The molecule has 0 atom stereocenters. The zero-order valence-corrected chi connectivity index (χ0v) is 21.7. The van der Waals surface area contributed by atoms with Gasteiger partial charge in [-0.1, -0.05) is 52.0 Å². The zero-order chi connectivity index (χ0) is 26.3. The molecule has 9 nitrogen and oxygen atoms in total. The van der Waals surface area contributed by atoms with Gasteiger partial charge in [-0.3, -0.25) is 32.8 Å². The van der Waals surface area contributed by atoms with Gasteiger partial charge in [0.1, 0.15) is 0 Å². The third-order valence-electron chi connectivity index (χ3n) is 7.16. The second-order valence-corrected chi connectivity index (χ2v) is 9.65. The Kier molecular flexibility index (Phi) is 7.01. The number of amides is 4. The summed E-state index contributed by atoms with van der Waals surface area (Å²) in [7, 11) is -3.43. The van der Waals surface area contributed by atoms with Crippen molar-refractivity contribution in [3.8, 4) is 0 Å². The van der Waals surface area contributed by atoms with Crippen molar-refractivity contribution in [1.29, 1.82) is 0 Å². The fourth-order valence-electron chi connectivity index (χ4n) is 4.96. The maximum absolute atomic E-state index is 13.4. The van der Waals surface area contributed by atoms with E-state index in [1.54, 1.807) is 76.2 Å². The number of carbonyl (C=O) groups is 4. The van der Waals surface area contributed by atoms with E-state index in [1.807, 2.05) is 0 Å². The second-order valence-electron chi connectivity index (χ2n) is 8.74. The summed E-state index contributed by atoms with van der Waals surface area (Å²) in [6.07, 6.45) is 0.639. The summed E-state index contributed by atoms with van der Waals surface area (Å²) in [5, 5.41) is 0. The first-order chi connectivity index (χ1) is 17.2. The van der Waals surface area contributed by atoms with Crippen LogP contribution in [-0.4, -0.2) is 44.9 Å². The lowest BCUT2D eigenvalue weighted by molar-refractivity contribution is -0.0887. The van der Waals surface area contributed by atoms with Gasteiger partial charge in [0.15, 0.2) is 11.4 Å². The highest BCUT2D eigenvalue weighted by Crippen LogP contribution is 2.47. The summed E-state index contributed by atoms with van der Waals surface area (Å²) in [4.78, 5) is 54.7. The van der Waals surface area contributed by atoms with Crippen LogP contribution in [0, 0.1) is 0 Å². The quantitative estimate of drug-likeness (QED) is 0.324. The van der Waals surface area contributed by atoms with E-state index in [1.165, 1.54) is 0 Å². The molecule has 0 spiro atoms. The van der Waals surface area contributed by atoms with Gasteiger partial charge in [0.05, 0.1) is 22.3 Å². The molecule has 0 saturated heterocycles. The fraction of sp³-hybridized carbons (Fsp3) is 0.385. The topological polar surface area (TPSA) is 110 Å². The molecule has 0 aliphatic carbocycles. The highest BCUT2D eigenvalue weighted by molar-refractivity contribution is 7.33. The van der Waals surface area contributed by atoms with Crippen molar-refractivity contribution in [2.24, 2.45) is 0 Å². The highest BCUT2D eigenvalue weighted by Gasteiger charge is 2.52. The van der Waals surface area contributed by atoms with Crippen molar-refractivity contribution < 1.29 is 32.8 Å². The van der Waals surface area contributed by atoms with Crippen LogP contribution < -0.4 is 0 Å². The molecule has 10 heteroatoms. The number of rotatable bonds is 10. The van der Waals surface area contributed by atoms with Gasteiger partial charge in [0.2, 0.25) is 0 Å². The first-order valence-corrected chi connectivity index (χ1v) is 13.3. The number of benzene rings is 2. The van der Waals surface area contributed by atoms with Gasteiger partial charge < -0.3 is 0 Å². The molecule has 0 saturated carbocycles. The van der Waals surface area contributed by atoms with Gasteiger partial charge in [-0.2, -0.15) is 0 Å². The fourth-order valence-corrected chi connectivity index (χ4v) is 6.38. The van der Waals surface area contributed by atoms with Crippen molar-refractivity contribution in [3.05, 3.63) is 70.8 Å². The summed E-state index contributed by atoms with van der Waals surface area (Å²) in [5.41, 5.74) is -2.06. The largest absolute Gasteiger partial charge is 0.323 e. The van der Waals surface area contributed by atoms with Crippen LogP contribution in [0.1, 0.15) is 94.8 Å². The van der Waals surface area contributed by atoms with Crippen molar-refractivity contribution in [1.82, 2.24) is 9.80 Å². The molecule has 190 valence electrons. The van der Waals surface area contributed by atoms with E-state index in [4.69, 9.17) is 9.05 Å². The Labute approximate surface area is 210 Å². The summed E-state index contributed by atoms with van der Waals surface area (Å²) < 4.78 is 25.3. The maximum atomic E-state index is 13.4. The maximum Gasteiger partial charge on any atom is 0.323 e. The van der Waals surface area contributed by atoms with E-state index in [0.29, 0.717) is 0 Å². The number of hydrogen-bond donors (Lipinski definition) is 0. The number of carbonyl (C=O) groups excluding carboxylic acids is 4. The molecule has 4 amide bonds. The van der Waals surface area contributed by atoms with E-state index in [-0.39, 0.29) is 47.9 Å². The van der Waals surface area contributed by atoms with Crippen LogP contribution in [0.5, 0.6) is 0 Å². The molecule has 36 heavy (non-hydrogen) atoms. The van der Waals surface area contributed by atoms with Crippen molar-refractivity contribution in [2.75, 3.05) is 0 Å². The van der Waals surface area contributed by atoms with E-state index >= 15 is 0 Å². The Hall–Kier alpha value is -3.13. The van der Waals surface area contributed by atoms with E-state index < -0.39 is 43.3 Å². The average Bonchev–Trinajstić information content (AvgIpc) is 3.31. The summed E-state index contributed by atoms with van der Waals surface area (Å²) in [5.74, 6) is -2.14. The van der Waals surface area contributed by atoms with Gasteiger partial charge in [-0.25, -0.2) is 9.80 Å². The third-order valence-corrected chi connectivity index (χ3v) is 8.25. The van der Waals surface area contributed by atoms with Gasteiger partial charge >= 0.3 is 8.25 Å². The number of imide groups is 2. The number of nitrogens with zero attached hydrogens (tertiary/aromatic N) is 2. The molecule has 0 radical (unpaired) electrons. The van der Waals surface area contributed by atoms with E-state index in [9.17, 15) is 23.7 Å². The molecule has 0 bridgehead atoms. The lowest BCUT2D eigenvalue weighted by atomic mass is 10.1. The van der Waals surface area contributed by atoms with Crippen molar-refractivity contribution in [3.63, 3.8) is 0 Å². The molecular weight excluding hydrogens is 483 g/mol. The Morgan fingerprint density at radius 1 is 0.583 bits per heavy atom. The van der Waals surface area contributed by atoms with Crippen LogP contribution in [0.3, 0.4) is 0 Å². The van der Waals surface area contributed by atoms with Crippen LogP contribution in [0.4, 0.5) is 0 Å². The number of fused-ring (bicyclic) bond motifs is 2. The van der Waals surface area contributed by atoms with Crippen LogP contribution in [0.2, 0.25) is 0 Å². The monoisotopic (exact) mass is 512 g/mol. The molecule has 0 unspecified atom stereocenters. The molecule has 4 rings (SSSR count). The van der Waals surface area contributed by atoms with Gasteiger partial charge in [-0.05, 0) is 49.9 Å². The normalized spacial score (nSPS) is 15.8. The lowest BCUT2D eigenvalue weighted by Gasteiger charge is -2.41. The smallest absolute Gasteiger partial charge is 0.283 e. The third kappa shape index (κ3) is 3.82. The van der Waals surface area contributed by atoms with Crippen molar-refractivity contribution in [2.45, 2.75) is 64.8 Å². The SMILES string of the molecule is CCC(CC)(O[PH](=O)OC(CC)(CC)N1C(=O)c2ccccc2C1=O)N1C(=O)c2ccccc2C1=O. The molecule has 2 aliphatic rings. The molecule has 2 aliphatic heterocycles. The highest BCUT2D eigenvalue weighted by atomic mass is 31.1. The van der Waals surface area contributed by atoms with Crippen LogP contribution >= 0.6 is 8.25 Å². The van der Waals surface area contributed by atoms with Crippen molar-refractivity contribution >= 4 is 31.9 Å². The second kappa shape index (κ2) is 9.73. The summed E-state index contributed by atoms with van der Waals surface area (Å²) in [6.45, 7) is 6.89. The standard InChI is InChI=1S/C26H29N2O7P/c1-5-25(6-2,27-21(29)17-13-9-10-14-18(17)22(27)30)34-36(33)35-26(7-3,8-4)28-23(31)19-15-11-12-16-20(19)24(28)32/h9-16,36H,5-8H2,1-4H3. The Balaban J connectivity index is 1.63. The zero-order valence-electron chi connectivity index (χ0n) is 20.7. The number of hydrogen-bond acceptors (Lipinski definition) is 7. The minimum Gasteiger partial charge on any atom is -0.283 e. The van der Waals surface area contributed by atoms with Gasteiger partial charge in [0.25, 0.3) is 23.6 Å². The molecule has 0 fully saturated rings. The minimum atomic E-state index is -3.43. The Bertz CT molecular complexity index is 1100. The molecule has 0 N–H and O–H groups in total. The van der Waals surface area contributed by atoms with Gasteiger partial charge in [-0.15, -0.1) is 0 Å². The predicted molar refractivity (Wildman–Crippen MR) is 132 cm³/mol. The summed E-state index contributed by atoms with van der Waals surface area (Å²) in [6, 6.07) is 12.9.